The molecule has 0 aromatic carbocycles. The Bertz CT molecular complexity index is 168. The van der Waals surface area contributed by atoms with Gasteiger partial charge in [0, 0.05) is 6.04 Å². The van der Waals surface area contributed by atoms with Crippen LogP contribution in [0.5, 0.6) is 0 Å². The Morgan fingerprint density at radius 2 is 2.18 bits per heavy atom. The Hall–Kier alpha value is -0.300. The summed E-state index contributed by atoms with van der Waals surface area (Å²) in [7, 11) is 0. The minimum atomic E-state index is 0.303. The molecule has 1 rings (SSSR count). The van der Waals surface area contributed by atoms with E-state index in [1.54, 1.807) is 0 Å². The van der Waals surface area contributed by atoms with E-state index in [2.05, 4.69) is 26.8 Å². The quantitative estimate of drug-likeness (QED) is 0.531. The predicted molar refractivity (Wildman–Crippen MR) is 49.4 cm³/mol. The topological polar surface area (TPSA) is 26.0 Å². The Kier molecular flexibility index (Phi) is 2.38. The molecule has 0 aliphatic heterocycles. The van der Waals surface area contributed by atoms with E-state index in [1.807, 2.05) is 0 Å². The summed E-state index contributed by atoms with van der Waals surface area (Å²) in [5.74, 6) is 0. The van der Waals surface area contributed by atoms with Gasteiger partial charge >= 0.3 is 0 Å². The molecule has 0 fully saturated rings. The highest BCUT2D eigenvalue weighted by Gasteiger charge is 2.26. The summed E-state index contributed by atoms with van der Waals surface area (Å²) in [5, 5.41) is 0. The van der Waals surface area contributed by atoms with Crippen LogP contribution in [-0.4, -0.2) is 6.04 Å². The molecule has 0 amide bonds. The highest BCUT2D eigenvalue weighted by Crippen LogP contribution is 2.31. The van der Waals surface area contributed by atoms with Crippen LogP contribution >= 0.6 is 0 Å². The van der Waals surface area contributed by atoms with Gasteiger partial charge in [-0.15, -0.1) is 0 Å². The monoisotopic (exact) mass is 153 g/mol. The molecule has 64 valence electrons. The van der Waals surface area contributed by atoms with Gasteiger partial charge in [-0.1, -0.05) is 25.5 Å². The standard InChI is InChI=1S/C10H19N/c1-8-4-5-9(11)10(2,3)7-6-8/h6,9H,4-5,7,11H2,1-3H3. The second-order valence-electron chi connectivity index (χ2n) is 4.39. The Balaban J connectivity index is 2.69. The van der Waals surface area contributed by atoms with Crippen LogP contribution in [0.15, 0.2) is 11.6 Å². The largest absolute Gasteiger partial charge is 0.327 e. The van der Waals surface area contributed by atoms with Crippen LogP contribution in [0.2, 0.25) is 0 Å². The maximum Gasteiger partial charge on any atom is 0.00962 e. The lowest BCUT2D eigenvalue weighted by molar-refractivity contribution is 0.283. The summed E-state index contributed by atoms with van der Waals surface area (Å²) < 4.78 is 0. The summed E-state index contributed by atoms with van der Waals surface area (Å²) in [6, 6.07) is 0.371. The summed E-state index contributed by atoms with van der Waals surface area (Å²) in [4.78, 5) is 0. The van der Waals surface area contributed by atoms with E-state index in [-0.39, 0.29) is 0 Å². The highest BCUT2D eigenvalue weighted by atomic mass is 14.7. The SMILES string of the molecule is CC1=CCC(C)(C)C(N)CC1. The Morgan fingerprint density at radius 1 is 1.55 bits per heavy atom. The van der Waals surface area contributed by atoms with Gasteiger partial charge in [0.2, 0.25) is 0 Å². The molecular weight excluding hydrogens is 134 g/mol. The molecule has 0 saturated heterocycles. The van der Waals surface area contributed by atoms with E-state index < -0.39 is 0 Å². The van der Waals surface area contributed by atoms with Gasteiger partial charge in [0.15, 0.2) is 0 Å². The maximum absolute atomic E-state index is 6.04. The molecule has 0 radical (unpaired) electrons. The third-order valence-corrected chi connectivity index (χ3v) is 2.83. The third kappa shape index (κ3) is 2.06. The molecule has 0 spiro atoms. The lowest BCUT2D eigenvalue weighted by atomic mass is 9.81. The molecule has 1 atom stereocenters. The normalized spacial score (nSPS) is 30.9. The van der Waals surface area contributed by atoms with Crippen molar-refractivity contribution < 1.29 is 0 Å². The molecule has 1 heteroatoms. The van der Waals surface area contributed by atoms with Crippen LogP contribution in [0.25, 0.3) is 0 Å². The molecule has 0 aromatic heterocycles. The van der Waals surface area contributed by atoms with E-state index in [0.717, 1.165) is 12.8 Å². The zero-order chi connectivity index (χ0) is 8.48. The van der Waals surface area contributed by atoms with Crippen molar-refractivity contribution >= 4 is 0 Å². The predicted octanol–water partition coefficient (Wildman–Crippen LogP) is 2.47. The van der Waals surface area contributed by atoms with Crippen LogP contribution in [0.3, 0.4) is 0 Å². The van der Waals surface area contributed by atoms with E-state index in [1.165, 1.54) is 12.0 Å². The number of allylic oxidation sites excluding steroid dienone is 2. The molecular formula is C10H19N. The van der Waals surface area contributed by atoms with Crippen LogP contribution in [0.1, 0.15) is 40.0 Å². The number of nitrogens with two attached hydrogens (primary N) is 1. The minimum absolute atomic E-state index is 0.303. The molecule has 0 aromatic rings. The fraction of sp³-hybridized carbons (Fsp3) is 0.800. The van der Waals surface area contributed by atoms with Gasteiger partial charge in [0.05, 0.1) is 0 Å². The lowest BCUT2D eigenvalue weighted by Crippen LogP contribution is -2.36. The van der Waals surface area contributed by atoms with E-state index in [4.69, 9.17) is 5.73 Å². The first-order chi connectivity index (χ1) is 5.02. The lowest BCUT2D eigenvalue weighted by Gasteiger charge is -2.28. The second-order valence-corrected chi connectivity index (χ2v) is 4.39. The minimum Gasteiger partial charge on any atom is -0.327 e. The molecule has 0 saturated carbocycles. The molecule has 0 bridgehead atoms. The van der Waals surface area contributed by atoms with Gasteiger partial charge in [0.1, 0.15) is 0 Å². The second kappa shape index (κ2) is 2.98. The fourth-order valence-electron chi connectivity index (χ4n) is 1.46. The molecule has 1 aliphatic rings. The van der Waals surface area contributed by atoms with E-state index in [9.17, 15) is 0 Å². The smallest absolute Gasteiger partial charge is 0.00962 e. The molecule has 1 unspecified atom stereocenters. The number of rotatable bonds is 0. The van der Waals surface area contributed by atoms with Crippen molar-refractivity contribution in [1.82, 2.24) is 0 Å². The Labute approximate surface area is 69.7 Å². The van der Waals surface area contributed by atoms with Crippen molar-refractivity contribution in [3.8, 4) is 0 Å². The third-order valence-electron chi connectivity index (χ3n) is 2.83. The average molecular weight is 153 g/mol. The van der Waals surface area contributed by atoms with Gasteiger partial charge in [-0.2, -0.15) is 0 Å². The van der Waals surface area contributed by atoms with Gasteiger partial charge in [-0.3, -0.25) is 0 Å². The summed E-state index contributed by atoms with van der Waals surface area (Å²) >= 11 is 0. The van der Waals surface area contributed by atoms with Gasteiger partial charge < -0.3 is 5.73 Å². The van der Waals surface area contributed by atoms with Crippen LogP contribution in [0.4, 0.5) is 0 Å². The summed E-state index contributed by atoms with van der Waals surface area (Å²) in [5.41, 5.74) is 7.85. The van der Waals surface area contributed by atoms with Crippen molar-refractivity contribution in [2.45, 2.75) is 46.1 Å². The van der Waals surface area contributed by atoms with Crippen LogP contribution < -0.4 is 5.73 Å². The van der Waals surface area contributed by atoms with Crippen molar-refractivity contribution in [3.63, 3.8) is 0 Å². The van der Waals surface area contributed by atoms with Crippen molar-refractivity contribution in [3.05, 3.63) is 11.6 Å². The van der Waals surface area contributed by atoms with E-state index in [0.29, 0.717) is 11.5 Å². The molecule has 1 nitrogen and oxygen atoms in total. The first-order valence-electron chi connectivity index (χ1n) is 4.43. The van der Waals surface area contributed by atoms with Gasteiger partial charge in [0.25, 0.3) is 0 Å². The average Bonchev–Trinajstić information content (AvgIpc) is 2.03. The van der Waals surface area contributed by atoms with Crippen molar-refractivity contribution in [1.29, 1.82) is 0 Å². The van der Waals surface area contributed by atoms with Gasteiger partial charge in [-0.05, 0) is 31.6 Å². The highest BCUT2D eigenvalue weighted by molar-refractivity contribution is 5.05. The fourth-order valence-corrected chi connectivity index (χ4v) is 1.46. The summed E-state index contributed by atoms with van der Waals surface area (Å²) in [6.45, 7) is 6.72. The summed E-state index contributed by atoms with van der Waals surface area (Å²) in [6.07, 6.45) is 5.81. The number of hydrogen-bond donors (Lipinski definition) is 1. The van der Waals surface area contributed by atoms with Crippen LogP contribution in [-0.2, 0) is 0 Å². The number of hydrogen-bond acceptors (Lipinski definition) is 1. The molecule has 2 N–H and O–H groups in total. The van der Waals surface area contributed by atoms with Gasteiger partial charge in [-0.25, -0.2) is 0 Å². The first-order valence-corrected chi connectivity index (χ1v) is 4.43. The van der Waals surface area contributed by atoms with Crippen LogP contribution in [0, 0.1) is 5.41 Å². The van der Waals surface area contributed by atoms with E-state index >= 15 is 0 Å². The zero-order valence-corrected chi connectivity index (χ0v) is 7.85. The molecule has 1 aliphatic carbocycles. The Morgan fingerprint density at radius 3 is 2.82 bits per heavy atom. The molecule has 0 heterocycles. The molecule has 11 heavy (non-hydrogen) atoms. The van der Waals surface area contributed by atoms with Crippen molar-refractivity contribution in [2.75, 3.05) is 0 Å². The van der Waals surface area contributed by atoms with Crippen molar-refractivity contribution in [2.24, 2.45) is 11.1 Å². The zero-order valence-electron chi connectivity index (χ0n) is 7.85. The maximum atomic E-state index is 6.04. The first kappa shape index (κ1) is 8.79.